The SMILES string of the molecule is CCCCCCCCOc1c[c]c(-c2ccccc2)cc1. The van der Waals surface area contributed by atoms with Gasteiger partial charge in [-0.05, 0) is 35.7 Å². The van der Waals surface area contributed by atoms with E-state index in [2.05, 4.69) is 31.2 Å². The van der Waals surface area contributed by atoms with Crippen LogP contribution in [-0.2, 0) is 0 Å². The third-order valence-corrected chi connectivity index (χ3v) is 3.64. The van der Waals surface area contributed by atoms with Crippen LogP contribution in [0, 0.1) is 6.07 Å². The van der Waals surface area contributed by atoms with Gasteiger partial charge in [0.05, 0.1) is 6.61 Å². The van der Waals surface area contributed by atoms with Crippen molar-refractivity contribution in [3.05, 3.63) is 54.6 Å². The van der Waals surface area contributed by atoms with Crippen molar-refractivity contribution in [1.82, 2.24) is 0 Å². The third-order valence-electron chi connectivity index (χ3n) is 3.64. The first-order valence-corrected chi connectivity index (χ1v) is 8.10. The summed E-state index contributed by atoms with van der Waals surface area (Å²) >= 11 is 0. The van der Waals surface area contributed by atoms with Crippen molar-refractivity contribution < 1.29 is 4.74 Å². The number of benzene rings is 2. The third kappa shape index (κ3) is 5.63. The van der Waals surface area contributed by atoms with E-state index >= 15 is 0 Å². The minimum absolute atomic E-state index is 0.810. The Balaban J connectivity index is 1.71. The smallest absolute Gasteiger partial charge is 0.119 e. The highest BCUT2D eigenvalue weighted by Crippen LogP contribution is 2.21. The number of hydrogen-bond acceptors (Lipinski definition) is 1. The van der Waals surface area contributed by atoms with E-state index in [1.54, 1.807) is 0 Å². The maximum Gasteiger partial charge on any atom is 0.119 e. The molecule has 1 nitrogen and oxygen atoms in total. The summed E-state index contributed by atoms with van der Waals surface area (Å²) in [5.41, 5.74) is 2.31. The van der Waals surface area contributed by atoms with Crippen LogP contribution < -0.4 is 4.74 Å². The summed E-state index contributed by atoms with van der Waals surface area (Å²) in [6.45, 7) is 3.06. The Labute approximate surface area is 129 Å². The van der Waals surface area contributed by atoms with Crippen LogP contribution in [0.3, 0.4) is 0 Å². The van der Waals surface area contributed by atoms with Crippen molar-refractivity contribution in [1.29, 1.82) is 0 Å². The van der Waals surface area contributed by atoms with Crippen LogP contribution >= 0.6 is 0 Å². The highest BCUT2D eigenvalue weighted by Gasteiger charge is 1.98. The molecule has 2 aromatic rings. The van der Waals surface area contributed by atoms with Crippen LogP contribution in [0.2, 0.25) is 0 Å². The summed E-state index contributed by atoms with van der Waals surface area (Å²) in [5.74, 6) is 0.920. The lowest BCUT2D eigenvalue weighted by molar-refractivity contribution is 0.304. The second-order valence-electron chi connectivity index (χ2n) is 5.42. The predicted octanol–water partition coefficient (Wildman–Crippen LogP) is 5.89. The Bertz CT molecular complexity index is 487. The molecule has 0 bridgehead atoms. The maximum atomic E-state index is 5.77. The molecule has 1 heteroatoms. The number of ether oxygens (including phenoxy) is 1. The fraction of sp³-hybridized carbons (Fsp3) is 0.400. The molecule has 0 fully saturated rings. The Morgan fingerprint density at radius 2 is 1.62 bits per heavy atom. The first-order valence-electron chi connectivity index (χ1n) is 8.10. The average Bonchev–Trinajstić information content (AvgIpc) is 2.55. The average molecular weight is 281 g/mol. The lowest BCUT2D eigenvalue weighted by Gasteiger charge is -2.07. The summed E-state index contributed by atoms with van der Waals surface area (Å²) in [6.07, 6.45) is 7.76. The van der Waals surface area contributed by atoms with Crippen LogP contribution in [0.4, 0.5) is 0 Å². The molecule has 111 valence electrons. The summed E-state index contributed by atoms with van der Waals surface area (Å²) in [5, 5.41) is 0. The van der Waals surface area contributed by atoms with Crippen molar-refractivity contribution in [2.45, 2.75) is 45.4 Å². The lowest BCUT2D eigenvalue weighted by atomic mass is 10.1. The van der Waals surface area contributed by atoms with Crippen molar-refractivity contribution in [3.8, 4) is 16.9 Å². The van der Waals surface area contributed by atoms with Gasteiger partial charge >= 0.3 is 0 Å². The second kappa shape index (κ2) is 9.23. The van der Waals surface area contributed by atoms with E-state index in [0.717, 1.165) is 24.3 Å². The zero-order valence-electron chi connectivity index (χ0n) is 13.0. The van der Waals surface area contributed by atoms with Crippen molar-refractivity contribution in [2.24, 2.45) is 0 Å². The second-order valence-corrected chi connectivity index (χ2v) is 5.42. The molecule has 0 saturated heterocycles. The van der Waals surface area contributed by atoms with Gasteiger partial charge in [-0.25, -0.2) is 0 Å². The summed E-state index contributed by atoms with van der Waals surface area (Å²) in [7, 11) is 0. The van der Waals surface area contributed by atoms with E-state index in [0.29, 0.717) is 0 Å². The van der Waals surface area contributed by atoms with Crippen molar-refractivity contribution in [3.63, 3.8) is 0 Å². The van der Waals surface area contributed by atoms with E-state index in [1.807, 2.05) is 30.3 Å². The van der Waals surface area contributed by atoms with Gasteiger partial charge in [0.2, 0.25) is 0 Å². The molecule has 1 radical (unpaired) electrons. The molecule has 0 N–H and O–H groups in total. The topological polar surface area (TPSA) is 9.23 Å². The monoisotopic (exact) mass is 281 g/mol. The van der Waals surface area contributed by atoms with Crippen LogP contribution in [0.1, 0.15) is 45.4 Å². The quantitative estimate of drug-likeness (QED) is 0.520. The van der Waals surface area contributed by atoms with Crippen LogP contribution in [0.15, 0.2) is 48.5 Å². The lowest BCUT2D eigenvalue weighted by Crippen LogP contribution is -1.97. The predicted molar refractivity (Wildman–Crippen MR) is 89.6 cm³/mol. The van der Waals surface area contributed by atoms with Gasteiger partial charge in [0.25, 0.3) is 0 Å². The standard InChI is InChI=1S/C20H25O/c1-2-3-4-5-6-10-17-21-20-15-13-19(14-16-20)18-11-8-7-9-12-18/h7-9,11-13,15-16H,2-6,10,17H2,1H3. The van der Waals surface area contributed by atoms with Crippen LogP contribution in [0.25, 0.3) is 11.1 Å². The Morgan fingerprint density at radius 3 is 2.33 bits per heavy atom. The highest BCUT2D eigenvalue weighted by atomic mass is 16.5. The molecule has 0 aromatic heterocycles. The molecule has 0 heterocycles. The zero-order valence-corrected chi connectivity index (χ0v) is 13.0. The van der Waals surface area contributed by atoms with E-state index in [4.69, 9.17) is 4.74 Å². The van der Waals surface area contributed by atoms with E-state index in [9.17, 15) is 0 Å². The molecule has 0 aliphatic carbocycles. The van der Waals surface area contributed by atoms with Gasteiger partial charge < -0.3 is 4.74 Å². The molecule has 0 spiro atoms. The Kier molecular flexibility index (Phi) is 6.87. The summed E-state index contributed by atoms with van der Waals surface area (Å²) < 4.78 is 5.77. The van der Waals surface area contributed by atoms with Crippen LogP contribution in [-0.4, -0.2) is 6.61 Å². The fourth-order valence-electron chi connectivity index (χ4n) is 2.37. The van der Waals surface area contributed by atoms with Gasteiger partial charge in [-0.3, -0.25) is 0 Å². The van der Waals surface area contributed by atoms with Gasteiger partial charge in [0.15, 0.2) is 0 Å². The minimum atomic E-state index is 0.810. The summed E-state index contributed by atoms with van der Waals surface area (Å²) in [4.78, 5) is 0. The molecule has 0 aliphatic rings. The Hall–Kier alpha value is -1.76. The highest BCUT2D eigenvalue weighted by molar-refractivity contribution is 5.63. The normalized spacial score (nSPS) is 10.5. The first kappa shape index (κ1) is 15.6. The maximum absolute atomic E-state index is 5.77. The molecule has 21 heavy (non-hydrogen) atoms. The molecule has 2 rings (SSSR count). The zero-order chi connectivity index (χ0) is 14.8. The van der Waals surface area contributed by atoms with Gasteiger partial charge in [-0.15, -0.1) is 0 Å². The number of unbranched alkanes of at least 4 members (excludes halogenated alkanes) is 5. The molecule has 0 aliphatic heterocycles. The molecule has 0 amide bonds. The molecule has 2 aromatic carbocycles. The first-order chi connectivity index (χ1) is 10.4. The minimum Gasteiger partial charge on any atom is -0.494 e. The fourth-order valence-corrected chi connectivity index (χ4v) is 2.37. The van der Waals surface area contributed by atoms with Gasteiger partial charge in [-0.2, -0.15) is 0 Å². The molecule has 0 unspecified atom stereocenters. The van der Waals surface area contributed by atoms with Crippen molar-refractivity contribution >= 4 is 0 Å². The van der Waals surface area contributed by atoms with E-state index < -0.39 is 0 Å². The van der Waals surface area contributed by atoms with Crippen LogP contribution in [0.5, 0.6) is 5.75 Å². The summed E-state index contributed by atoms with van der Waals surface area (Å²) in [6, 6.07) is 19.7. The Morgan fingerprint density at radius 1 is 0.857 bits per heavy atom. The molecule has 0 atom stereocenters. The molecular weight excluding hydrogens is 256 g/mol. The number of rotatable bonds is 9. The van der Waals surface area contributed by atoms with Crippen molar-refractivity contribution in [2.75, 3.05) is 6.61 Å². The number of hydrogen-bond donors (Lipinski definition) is 0. The largest absolute Gasteiger partial charge is 0.494 e. The van der Waals surface area contributed by atoms with E-state index in [-0.39, 0.29) is 0 Å². The molecular formula is C20H25O. The molecule has 0 saturated carbocycles. The van der Waals surface area contributed by atoms with Gasteiger partial charge in [0.1, 0.15) is 5.75 Å². The van der Waals surface area contributed by atoms with Gasteiger partial charge in [-0.1, -0.05) is 75.4 Å². The van der Waals surface area contributed by atoms with E-state index in [1.165, 1.54) is 37.7 Å². The van der Waals surface area contributed by atoms with Gasteiger partial charge in [0, 0.05) is 0 Å².